The Hall–Kier alpha value is -2.53. The van der Waals surface area contributed by atoms with Gasteiger partial charge in [0.05, 0.1) is 23.0 Å². The fraction of sp³-hybridized carbons (Fsp3) is 0.222. The summed E-state index contributed by atoms with van der Waals surface area (Å²) >= 11 is 6.41. The summed E-state index contributed by atoms with van der Waals surface area (Å²) in [5.41, 5.74) is 6.43. The zero-order valence-electron chi connectivity index (χ0n) is 13.5. The third-order valence-corrected chi connectivity index (χ3v) is 4.51. The van der Waals surface area contributed by atoms with Gasteiger partial charge >= 0.3 is 0 Å². The molecule has 0 radical (unpaired) electrons. The van der Waals surface area contributed by atoms with E-state index in [1.165, 1.54) is 0 Å². The maximum atomic E-state index is 6.41. The largest absolute Gasteiger partial charge is 0.338 e. The van der Waals surface area contributed by atoms with Crippen molar-refractivity contribution in [2.75, 3.05) is 11.9 Å². The molecule has 0 unspecified atom stereocenters. The summed E-state index contributed by atoms with van der Waals surface area (Å²) in [5, 5.41) is 4.04. The van der Waals surface area contributed by atoms with Crippen LogP contribution in [0.5, 0.6) is 0 Å². The first-order valence-corrected chi connectivity index (χ1v) is 8.24. The number of halogens is 1. The molecule has 120 valence electrons. The molecule has 4 heterocycles. The zero-order chi connectivity index (χ0) is 16.7. The minimum atomic E-state index is 0.617. The Bertz CT molecular complexity index is 927. The van der Waals surface area contributed by atoms with Crippen LogP contribution in [0.3, 0.4) is 0 Å². The standard InChI is InChI=1S/C18H16ClN5/c1-3-11-6-15-13(9-21-11)17(12-8-20-5-4-14(12)19)24-16-10(2)7-22-18(16)23-15/h4-6,8-9H,3,7H2,1-2H3,(H,22,23). The molecule has 1 N–H and O–H groups in total. The monoisotopic (exact) mass is 337 g/mol. The summed E-state index contributed by atoms with van der Waals surface area (Å²) in [5.74, 6) is 0.803. The van der Waals surface area contributed by atoms with Gasteiger partial charge < -0.3 is 5.32 Å². The molecule has 0 saturated heterocycles. The smallest absolute Gasteiger partial charge is 0.152 e. The number of aliphatic imine (C=N–C) groups is 2. The topological polar surface area (TPSA) is 62.5 Å². The molecule has 0 bridgehead atoms. The van der Waals surface area contributed by atoms with Crippen LogP contribution in [0, 0.1) is 0 Å². The third kappa shape index (κ3) is 2.41. The Kier molecular flexibility index (Phi) is 3.65. The third-order valence-electron chi connectivity index (χ3n) is 4.18. The highest BCUT2D eigenvalue weighted by Gasteiger charge is 2.26. The maximum Gasteiger partial charge on any atom is 0.152 e. The van der Waals surface area contributed by atoms with Crippen molar-refractivity contribution < 1.29 is 0 Å². The molecule has 2 aromatic rings. The van der Waals surface area contributed by atoms with Gasteiger partial charge in [0.15, 0.2) is 5.84 Å². The van der Waals surface area contributed by atoms with E-state index in [1.54, 1.807) is 18.5 Å². The molecule has 0 aromatic carbocycles. The molecular weight excluding hydrogens is 322 g/mol. The first-order chi connectivity index (χ1) is 11.7. The van der Waals surface area contributed by atoms with Gasteiger partial charge in [0.25, 0.3) is 0 Å². The number of amidine groups is 1. The minimum absolute atomic E-state index is 0.617. The molecule has 0 amide bonds. The molecule has 2 aromatic heterocycles. The van der Waals surface area contributed by atoms with E-state index in [0.29, 0.717) is 11.6 Å². The van der Waals surface area contributed by atoms with Crippen LogP contribution in [0.15, 0.2) is 52.0 Å². The highest BCUT2D eigenvalue weighted by atomic mass is 35.5. The molecule has 6 heteroatoms. The number of fused-ring (bicyclic) bond motifs is 2. The van der Waals surface area contributed by atoms with E-state index >= 15 is 0 Å². The Morgan fingerprint density at radius 2 is 2.12 bits per heavy atom. The number of nitrogens with one attached hydrogen (secondary N) is 1. The lowest BCUT2D eigenvalue weighted by atomic mass is 10.0. The average molecular weight is 338 g/mol. The molecule has 0 fully saturated rings. The average Bonchev–Trinajstić information content (AvgIpc) is 2.85. The maximum absolute atomic E-state index is 6.41. The van der Waals surface area contributed by atoms with E-state index in [0.717, 1.165) is 51.7 Å². The van der Waals surface area contributed by atoms with Gasteiger partial charge in [0.2, 0.25) is 0 Å². The van der Waals surface area contributed by atoms with Crippen LogP contribution in [0.25, 0.3) is 0 Å². The van der Waals surface area contributed by atoms with Gasteiger partial charge in [-0.15, -0.1) is 0 Å². The van der Waals surface area contributed by atoms with Gasteiger partial charge in [-0.1, -0.05) is 18.5 Å². The minimum Gasteiger partial charge on any atom is -0.338 e. The number of hydrogen-bond acceptors (Lipinski definition) is 5. The molecule has 24 heavy (non-hydrogen) atoms. The Labute approximate surface area is 145 Å². The van der Waals surface area contributed by atoms with Crippen LogP contribution in [0.1, 0.15) is 30.7 Å². The van der Waals surface area contributed by atoms with E-state index in [-0.39, 0.29) is 0 Å². The Morgan fingerprint density at radius 1 is 1.25 bits per heavy atom. The number of rotatable bonds is 2. The molecule has 0 saturated carbocycles. The number of pyridine rings is 2. The lowest BCUT2D eigenvalue weighted by Crippen LogP contribution is -2.12. The molecule has 4 rings (SSSR count). The van der Waals surface area contributed by atoms with E-state index in [4.69, 9.17) is 16.6 Å². The first-order valence-electron chi connectivity index (χ1n) is 7.87. The lowest BCUT2D eigenvalue weighted by molar-refractivity contribution is 1.03. The summed E-state index contributed by atoms with van der Waals surface area (Å²) in [6, 6.07) is 3.82. The summed E-state index contributed by atoms with van der Waals surface area (Å²) in [7, 11) is 0. The van der Waals surface area contributed by atoms with Gasteiger partial charge in [-0.3, -0.25) is 15.0 Å². The van der Waals surface area contributed by atoms with Crippen molar-refractivity contribution in [2.24, 2.45) is 9.98 Å². The predicted octanol–water partition coefficient (Wildman–Crippen LogP) is 3.64. The van der Waals surface area contributed by atoms with E-state index in [1.807, 2.05) is 19.2 Å². The van der Waals surface area contributed by atoms with Gasteiger partial charge in [0.1, 0.15) is 5.70 Å². The van der Waals surface area contributed by atoms with Crippen LogP contribution < -0.4 is 5.32 Å². The molecule has 0 atom stereocenters. The van der Waals surface area contributed by atoms with Gasteiger partial charge in [-0.2, -0.15) is 0 Å². The van der Waals surface area contributed by atoms with Crippen LogP contribution in [0.4, 0.5) is 5.69 Å². The first kappa shape index (κ1) is 15.0. The second-order valence-corrected chi connectivity index (χ2v) is 6.22. The van der Waals surface area contributed by atoms with Gasteiger partial charge in [-0.25, -0.2) is 4.99 Å². The lowest BCUT2D eigenvalue weighted by Gasteiger charge is -2.12. The highest BCUT2D eigenvalue weighted by Crippen LogP contribution is 2.30. The molecular formula is C18H16ClN5. The normalized spacial score (nSPS) is 16.0. The summed E-state index contributed by atoms with van der Waals surface area (Å²) in [4.78, 5) is 18.2. The summed E-state index contributed by atoms with van der Waals surface area (Å²) in [6.07, 6.45) is 6.13. The van der Waals surface area contributed by atoms with Crippen molar-refractivity contribution in [2.45, 2.75) is 20.3 Å². The van der Waals surface area contributed by atoms with Crippen LogP contribution >= 0.6 is 11.6 Å². The molecule has 0 spiro atoms. The Morgan fingerprint density at radius 3 is 2.92 bits per heavy atom. The second kappa shape index (κ2) is 5.83. The molecule has 2 aliphatic heterocycles. The molecule has 0 aliphatic carbocycles. The van der Waals surface area contributed by atoms with Crippen LogP contribution in [-0.4, -0.2) is 28.1 Å². The fourth-order valence-electron chi connectivity index (χ4n) is 2.84. The van der Waals surface area contributed by atoms with Crippen molar-refractivity contribution in [3.05, 3.63) is 63.8 Å². The second-order valence-electron chi connectivity index (χ2n) is 5.81. The number of hydrogen-bond donors (Lipinski definition) is 1. The van der Waals surface area contributed by atoms with Crippen LogP contribution in [0.2, 0.25) is 5.02 Å². The SMILES string of the molecule is CCc1cc2c(cn1)C(c1cnccc1Cl)=NC1=C(C)CN=C1N2. The predicted molar refractivity (Wildman–Crippen MR) is 97.1 cm³/mol. The summed E-state index contributed by atoms with van der Waals surface area (Å²) in [6.45, 7) is 4.79. The van der Waals surface area contributed by atoms with E-state index < -0.39 is 0 Å². The fourth-order valence-corrected chi connectivity index (χ4v) is 3.03. The zero-order valence-corrected chi connectivity index (χ0v) is 14.2. The highest BCUT2D eigenvalue weighted by molar-refractivity contribution is 6.36. The van der Waals surface area contributed by atoms with Crippen molar-refractivity contribution in [3.63, 3.8) is 0 Å². The molecule has 2 aliphatic rings. The number of anilines is 1. The number of aryl methyl sites for hydroxylation is 1. The van der Waals surface area contributed by atoms with E-state index in [2.05, 4.69) is 27.2 Å². The van der Waals surface area contributed by atoms with Crippen LogP contribution in [-0.2, 0) is 6.42 Å². The van der Waals surface area contributed by atoms with Crippen molar-refractivity contribution >= 4 is 28.8 Å². The quantitative estimate of drug-likeness (QED) is 0.910. The van der Waals surface area contributed by atoms with Crippen molar-refractivity contribution in [1.29, 1.82) is 0 Å². The number of aromatic nitrogens is 2. The van der Waals surface area contributed by atoms with Crippen molar-refractivity contribution in [3.8, 4) is 0 Å². The Balaban J connectivity index is 1.99. The number of nitrogens with zero attached hydrogens (tertiary/aromatic N) is 4. The van der Waals surface area contributed by atoms with Gasteiger partial charge in [0, 0.05) is 35.4 Å². The van der Waals surface area contributed by atoms with Crippen molar-refractivity contribution in [1.82, 2.24) is 9.97 Å². The van der Waals surface area contributed by atoms with E-state index in [9.17, 15) is 0 Å². The molecule has 5 nitrogen and oxygen atoms in total. The van der Waals surface area contributed by atoms with Gasteiger partial charge in [-0.05, 0) is 31.1 Å². The summed E-state index contributed by atoms with van der Waals surface area (Å²) < 4.78 is 0.